The van der Waals surface area contributed by atoms with E-state index in [4.69, 9.17) is 0 Å². The Kier molecular flexibility index (Phi) is 2.97. The molecule has 5 heteroatoms. The lowest BCUT2D eigenvalue weighted by molar-refractivity contribution is 0.0699. The van der Waals surface area contributed by atoms with Crippen LogP contribution >= 0.6 is 0 Å². The third-order valence-corrected chi connectivity index (χ3v) is 3.82. The summed E-state index contributed by atoms with van der Waals surface area (Å²) < 4.78 is 1.79. The lowest BCUT2D eigenvalue weighted by atomic mass is 10.1. The van der Waals surface area contributed by atoms with Crippen molar-refractivity contribution in [1.82, 2.24) is 14.8 Å². The highest BCUT2D eigenvalue weighted by molar-refractivity contribution is 6.02. The molecule has 0 bridgehead atoms. The van der Waals surface area contributed by atoms with E-state index >= 15 is 0 Å². The second kappa shape index (κ2) is 4.70. The largest absolute Gasteiger partial charge is 0.478 e. The summed E-state index contributed by atoms with van der Waals surface area (Å²) in [6.07, 6.45) is 0. The van der Waals surface area contributed by atoms with Crippen LogP contribution in [0.2, 0.25) is 0 Å². The molecule has 0 saturated heterocycles. The van der Waals surface area contributed by atoms with Gasteiger partial charge in [0, 0.05) is 11.1 Å². The van der Waals surface area contributed by atoms with E-state index in [9.17, 15) is 9.90 Å². The van der Waals surface area contributed by atoms with E-state index < -0.39 is 5.97 Å². The van der Waals surface area contributed by atoms with Gasteiger partial charge in [-0.2, -0.15) is 5.10 Å². The van der Waals surface area contributed by atoms with Crippen molar-refractivity contribution < 1.29 is 9.90 Å². The van der Waals surface area contributed by atoms with Gasteiger partial charge in [0.2, 0.25) is 0 Å². The molecule has 0 radical (unpaired) electrons. The van der Waals surface area contributed by atoms with Crippen molar-refractivity contribution in [3.8, 4) is 5.82 Å². The molecule has 0 aliphatic carbocycles. The Balaban J connectivity index is 2.22. The van der Waals surface area contributed by atoms with E-state index in [-0.39, 0.29) is 5.56 Å². The summed E-state index contributed by atoms with van der Waals surface area (Å²) >= 11 is 0. The fourth-order valence-corrected chi connectivity index (χ4v) is 2.39. The monoisotopic (exact) mass is 281 g/mol. The first kappa shape index (κ1) is 13.3. The number of hydrogen-bond acceptors (Lipinski definition) is 3. The van der Waals surface area contributed by atoms with E-state index in [1.807, 2.05) is 26.8 Å². The Labute approximate surface area is 121 Å². The van der Waals surface area contributed by atoms with Crippen LogP contribution in [0.3, 0.4) is 0 Å². The van der Waals surface area contributed by atoms with Gasteiger partial charge in [-0.25, -0.2) is 14.5 Å². The highest BCUT2D eigenvalue weighted by Crippen LogP contribution is 2.21. The highest BCUT2D eigenvalue weighted by Gasteiger charge is 2.13. The number of nitrogens with zero attached hydrogens (tertiary/aromatic N) is 3. The fourth-order valence-electron chi connectivity index (χ4n) is 2.39. The Morgan fingerprint density at radius 1 is 1.14 bits per heavy atom. The predicted molar refractivity (Wildman–Crippen MR) is 80.0 cm³/mol. The zero-order chi connectivity index (χ0) is 15.1. The molecule has 3 rings (SSSR count). The smallest absolute Gasteiger partial charge is 0.336 e. The van der Waals surface area contributed by atoms with E-state index in [1.54, 1.807) is 28.9 Å². The van der Waals surface area contributed by atoms with Crippen molar-refractivity contribution >= 4 is 16.9 Å². The van der Waals surface area contributed by atoms with Crippen LogP contribution in [0.25, 0.3) is 16.7 Å². The van der Waals surface area contributed by atoms with Gasteiger partial charge in [0.15, 0.2) is 5.82 Å². The molecule has 5 nitrogen and oxygen atoms in total. The summed E-state index contributed by atoms with van der Waals surface area (Å²) in [5, 5.41) is 14.3. The lowest BCUT2D eigenvalue weighted by Gasteiger charge is -2.07. The minimum absolute atomic E-state index is 0.260. The fraction of sp³-hybridized carbons (Fsp3) is 0.188. The van der Waals surface area contributed by atoms with Crippen molar-refractivity contribution in [2.75, 3.05) is 0 Å². The minimum Gasteiger partial charge on any atom is -0.478 e. The molecular formula is C16H15N3O2. The lowest BCUT2D eigenvalue weighted by Crippen LogP contribution is -2.03. The van der Waals surface area contributed by atoms with Gasteiger partial charge in [0.25, 0.3) is 0 Å². The minimum atomic E-state index is -0.947. The number of carboxylic acids is 1. The van der Waals surface area contributed by atoms with Crippen molar-refractivity contribution in [3.05, 3.63) is 52.8 Å². The number of aryl methyl sites for hydroxylation is 1. The molecule has 0 amide bonds. The van der Waals surface area contributed by atoms with Gasteiger partial charge in [0.1, 0.15) is 0 Å². The molecule has 1 aromatic carbocycles. The van der Waals surface area contributed by atoms with Gasteiger partial charge >= 0.3 is 5.97 Å². The van der Waals surface area contributed by atoms with Gasteiger partial charge in [-0.1, -0.05) is 6.07 Å². The summed E-state index contributed by atoms with van der Waals surface area (Å²) in [5.41, 5.74) is 4.05. The third-order valence-electron chi connectivity index (χ3n) is 3.82. The molecule has 106 valence electrons. The van der Waals surface area contributed by atoms with Crippen LogP contribution in [0.4, 0.5) is 0 Å². The maximum absolute atomic E-state index is 11.2. The molecule has 1 N–H and O–H groups in total. The van der Waals surface area contributed by atoms with Crippen molar-refractivity contribution in [2.45, 2.75) is 20.8 Å². The molecule has 0 aliphatic heterocycles. The quantitative estimate of drug-likeness (QED) is 0.784. The SMILES string of the molecule is Cc1nn(-c2ccc3c(C(=O)O)cccc3n2)c(C)c1C. The van der Waals surface area contributed by atoms with Crippen LogP contribution < -0.4 is 0 Å². The molecule has 0 aliphatic rings. The zero-order valence-corrected chi connectivity index (χ0v) is 12.1. The van der Waals surface area contributed by atoms with Crippen molar-refractivity contribution in [3.63, 3.8) is 0 Å². The Bertz CT molecular complexity index is 865. The van der Waals surface area contributed by atoms with Gasteiger partial charge in [-0.3, -0.25) is 0 Å². The predicted octanol–water partition coefficient (Wildman–Crippen LogP) is 3.04. The molecule has 21 heavy (non-hydrogen) atoms. The number of carbonyl (C=O) groups is 1. The van der Waals surface area contributed by atoms with Gasteiger partial charge < -0.3 is 5.11 Å². The summed E-state index contributed by atoms with van der Waals surface area (Å²) in [4.78, 5) is 15.8. The van der Waals surface area contributed by atoms with Crippen LogP contribution in [0.1, 0.15) is 27.3 Å². The zero-order valence-electron chi connectivity index (χ0n) is 12.1. The van der Waals surface area contributed by atoms with Crippen LogP contribution in [0.15, 0.2) is 30.3 Å². The summed E-state index contributed by atoms with van der Waals surface area (Å²) in [7, 11) is 0. The Morgan fingerprint density at radius 3 is 2.52 bits per heavy atom. The van der Waals surface area contributed by atoms with Gasteiger partial charge in [-0.15, -0.1) is 0 Å². The molecule has 3 aromatic rings. The summed E-state index contributed by atoms with van der Waals surface area (Å²) in [6.45, 7) is 5.98. The molecule has 0 fully saturated rings. The Morgan fingerprint density at radius 2 is 1.90 bits per heavy atom. The average molecular weight is 281 g/mol. The number of aromatic carboxylic acids is 1. The first-order valence-electron chi connectivity index (χ1n) is 6.65. The van der Waals surface area contributed by atoms with E-state index in [0.717, 1.165) is 17.0 Å². The molecule has 0 atom stereocenters. The number of benzene rings is 1. The molecule has 0 saturated carbocycles. The molecule has 2 aromatic heterocycles. The highest BCUT2D eigenvalue weighted by atomic mass is 16.4. The number of carboxylic acid groups (broad SMARTS) is 1. The average Bonchev–Trinajstić information content (AvgIpc) is 2.73. The first-order chi connectivity index (χ1) is 9.99. The van der Waals surface area contributed by atoms with Crippen LogP contribution in [-0.2, 0) is 0 Å². The topological polar surface area (TPSA) is 68.0 Å². The summed E-state index contributed by atoms with van der Waals surface area (Å²) in [6, 6.07) is 8.68. The number of pyridine rings is 1. The van der Waals surface area contributed by atoms with Gasteiger partial charge in [0.05, 0.1) is 16.8 Å². The Hall–Kier alpha value is -2.69. The number of aromatic nitrogens is 3. The maximum Gasteiger partial charge on any atom is 0.336 e. The van der Waals surface area contributed by atoms with E-state index in [2.05, 4.69) is 10.1 Å². The van der Waals surface area contributed by atoms with Crippen LogP contribution in [-0.4, -0.2) is 25.8 Å². The molecule has 0 unspecified atom stereocenters. The first-order valence-corrected chi connectivity index (χ1v) is 6.65. The van der Waals surface area contributed by atoms with E-state index in [1.165, 1.54) is 0 Å². The summed E-state index contributed by atoms with van der Waals surface area (Å²) in [5.74, 6) is -0.254. The standard InChI is InChI=1S/C16H15N3O2/c1-9-10(2)18-19(11(9)3)15-8-7-12-13(16(20)21)5-4-6-14(12)17-15/h4-8H,1-3H3,(H,20,21). The number of fused-ring (bicyclic) bond motifs is 1. The molecular weight excluding hydrogens is 266 g/mol. The molecule has 2 heterocycles. The third kappa shape index (κ3) is 2.07. The normalized spacial score (nSPS) is 11.0. The van der Waals surface area contributed by atoms with Gasteiger partial charge in [-0.05, 0) is 50.6 Å². The number of hydrogen-bond donors (Lipinski definition) is 1. The second-order valence-electron chi connectivity index (χ2n) is 5.05. The number of rotatable bonds is 2. The van der Waals surface area contributed by atoms with Crippen molar-refractivity contribution in [2.24, 2.45) is 0 Å². The maximum atomic E-state index is 11.2. The van der Waals surface area contributed by atoms with Crippen molar-refractivity contribution in [1.29, 1.82) is 0 Å². The molecule has 0 spiro atoms. The van der Waals surface area contributed by atoms with Crippen LogP contribution in [0.5, 0.6) is 0 Å². The van der Waals surface area contributed by atoms with Crippen LogP contribution in [0, 0.1) is 20.8 Å². The van der Waals surface area contributed by atoms with E-state index in [0.29, 0.717) is 16.7 Å². The second-order valence-corrected chi connectivity index (χ2v) is 5.05.